The topological polar surface area (TPSA) is 12.9 Å². The van der Waals surface area contributed by atoms with E-state index < -0.39 is 0 Å². The zero-order valence-electron chi connectivity index (χ0n) is 14.3. The molecule has 0 aliphatic heterocycles. The van der Waals surface area contributed by atoms with Gasteiger partial charge in [-0.25, -0.2) is 0 Å². The number of hydrogen-bond donors (Lipinski definition) is 0. The summed E-state index contributed by atoms with van der Waals surface area (Å²) in [7, 11) is 0. The lowest BCUT2D eigenvalue weighted by molar-refractivity contribution is 0.535. The third kappa shape index (κ3) is 6.12. The molecular weight excluding hydrogens is 254 g/mol. The Balaban J connectivity index is 0.000000211. The number of aryl methyl sites for hydroxylation is 1. The van der Waals surface area contributed by atoms with Crippen molar-refractivity contribution in [1.29, 1.82) is 0 Å². The van der Waals surface area contributed by atoms with Gasteiger partial charge in [0.15, 0.2) is 0 Å². The van der Waals surface area contributed by atoms with Crippen LogP contribution in [0.2, 0.25) is 0 Å². The minimum absolute atomic E-state index is 0.613. The predicted molar refractivity (Wildman–Crippen MR) is 92.8 cm³/mol. The molecule has 0 saturated heterocycles. The highest BCUT2D eigenvalue weighted by atomic mass is 14.6. The standard InChI is InChI=1S/C11H16.C9H13N/c1-9(2)10(3)11-7-5-4-6-8-11;1-7(2)9-4-5-10-8(3)6-9/h4-10H,1-3H3;4-7H,1-3H3/t10-;/m0./s1. The third-order valence-electron chi connectivity index (χ3n) is 3.91. The summed E-state index contributed by atoms with van der Waals surface area (Å²) in [5.74, 6) is 2.02. The molecule has 0 saturated carbocycles. The molecule has 1 aromatic carbocycles. The second kappa shape index (κ2) is 8.61. The molecule has 0 aliphatic rings. The van der Waals surface area contributed by atoms with Gasteiger partial charge in [-0.05, 0) is 47.9 Å². The minimum Gasteiger partial charge on any atom is -0.262 e. The summed E-state index contributed by atoms with van der Waals surface area (Å²) in [6, 6.07) is 14.9. The quantitative estimate of drug-likeness (QED) is 0.677. The van der Waals surface area contributed by atoms with Crippen molar-refractivity contribution >= 4 is 0 Å². The summed E-state index contributed by atoms with van der Waals surface area (Å²) in [5, 5.41) is 0. The highest BCUT2D eigenvalue weighted by Gasteiger charge is 2.07. The Kier molecular flexibility index (Phi) is 7.14. The lowest BCUT2D eigenvalue weighted by Gasteiger charge is -2.15. The fourth-order valence-electron chi connectivity index (χ4n) is 2.07. The van der Waals surface area contributed by atoms with Crippen LogP contribution in [0.4, 0.5) is 0 Å². The molecule has 1 nitrogen and oxygen atoms in total. The smallest absolute Gasteiger partial charge is 0.0375 e. The van der Waals surface area contributed by atoms with Crippen molar-refractivity contribution in [2.24, 2.45) is 5.92 Å². The van der Waals surface area contributed by atoms with Gasteiger partial charge in [0.25, 0.3) is 0 Å². The third-order valence-corrected chi connectivity index (χ3v) is 3.91. The maximum atomic E-state index is 4.12. The predicted octanol–water partition coefficient (Wildman–Crippen LogP) is 5.96. The average Bonchev–Trinajstić information content (AvgIpc) is 2.48. The number of hydrogen-bond acceptors (Lipinski definition) is 1. The van der Waals surface area contributed by atoms with Crippen LogP contribution in [0.5, 0.6) is 0 Å². The van der Waals surface area contributed by atoms with Gasteiger partial charge in [0.05, 0.1) is 0 Å². The highest BCUT2D eigenvalue weighted by molar-refractivity contribution is 5.19. The molecule has 1 heteroatoms. The number of nitrogens with zero attached hydrogens (tertiary/aromatic N) is 1. The van der Waals surface area contributed by atoms with Gasteiger partial charge in [0.1, 0.15) is 0 Å². The molecule has 0 fully saturated rings. The maximum absolute atomic E-state index is 4.12. The van der Waals surface area contributed by atoms with E-state index in [1.165, 1.54) is 11.1 Å². The molecule has 0 spiro atoms. The van der Waals surface area contributed by atoms with Gasteiger partial charge < -0.3 is 0 Å². The summed E-state index contributed by atoms with van der Waals surface area (Å²) in [6.07, 6.45) is 1.87. The van der Waals surface area contributed by atoms with Crippen molar-refractivity contribution in [3.63, 3.8) is 0 Å². The van der Waals surface area contributed by atoms with E-state index in [2.05, 4.69) is 82.1 Å². The zero-order chi connectivity index (χ0) is 15.8. The average molecular weight is 283 g/mol. The largest absolute Gasteiger partial charge is 0.262 e. The fraction of sp³-hybridized carbons (Fsp3) is 0.450. The first-order chi connectivity index (χ1) is 9.91. The van der Waals surface area contributed by atoms with Crippen LogP contribution in [0, 0.1) is 12.8 Å². The summed E-state index contributed by atoms with van der Waals surface area (Å²) < 4.78 is 0. The SMILES string of the molecule is CC(C)[C@H](C)c1ccccc1.Cc1cc(C(C)C)ccn1. The Morgan fingerprint density at radius 1 is 0.810 bits per heavy atom. The van der Waals surface area contributed by atoms with Gasteiger partial charge >= 0.3 is 0 Å². The molecule has 0 N–H and O–H groups in total. The van der Waals surface area contributed by atoms with E-state index in [-0.39, 0.29) is 0 Å². The lowest BCUT2D eigenvalue weighted by Crippen LogP contribution is -2.00. The Hall–Kier alpha value is -1.63. The van der Waals surface area contributed by atoms with Crippen LogP contribution in [-0.2, 0) is 0 Å². The fourth-order valence-corrected chi connectivity index (χ4v) is 2.07. The molecule has 21 heavy (non-hydrogen) atoms. The van der Waals surface area contributed by atoms with Crippen molar-refractivity contribution in [3.05, 3.63) is 65.5 Å². The van der Waals surface area contributed by atoms with Gasteiger partial charge in [0.2, 0.25) is 0 Å². The second-order valence-electron chi connectivity index (χ2n) is 6.33. The molecule has 0 amide bonds. The molecule has 2 aromatic rings. The lowest BCUT2D eigenvalue weighted by atomic mass is 9.91. The van der Waals surface area contributed by atoms with E-state index >= 15 is 0 Å². The van der Waals surface area contributed by atoms with Crippen molar-refractivity contribution in [2.75, 3.05) is 0 Å². The van der Waals surface area contributed by atoms with E-state index in [1.807, 2.05) is 13.1 Å². The monoisotopic (exact) mass is 283 g/mol. The summed E-state index contributed by atoms with van der Waals surface area (Å²) in [5.41, 5.74) is 3.92. The van der Waals surface area contributed by atoms with Crippen molar-refractivity contribution in [1.82, 2.24) is 4.98 Å². The second-order valence-corrected chi connectivity index (χ2v) is 6.33. The van der Waals surface area contributed by atoms with Crippen LogP contribution in [0.25, 0.3) is 0 Å². The van der Waals surface area contributed by atoms with E-state index in [0.29, 0.717) is 11.8 Å². The molecule has 0 bridgehead atoms. The van der Waals surface area contributed by atoms with E-state index in [1.54, 1.807) is 0 Å². The van der Waals surface area contributed by atoms with Gasteiger partial charge in [-0.1, -0.05) is 65.0 Å². The van der Waals surface area contributed by atoms with E-state index in [0.717, 1.165) is 11.6 Å². The highest BCUT2D eigenvalue weighted by Crippen LogP contribution is 2.22. The Morgan fingerprint density at radius 2 is 1.43 bits per heavy atom. The number of aromatic nitrogens is 1. The van der Waals surface area contributed by atoms with Gasteiger partial charge in [-0.2, -0.15) is 0 Å². The molecule has 0 aliphatic carbocycles. The van der Waals surface area contributed by atoms with Gasteiger partial charge in [-0.3, -0.25) is 4.98 Å². The Morgan fingerprint density at radius 3 is 1.86 bits per heavy atom. The molecule has 114 valence electrons. The first-order valence-corrected chi connectivity index (χ1v) is 7.89. The summed E-state index contributed by atoms with van der Waals surface area (Å²) >= 11 is 0. The molecule has 1 atom stereocenters. The van der Waals surface area contributed by atoms with Crippen LogP contribution < -0.4 is 0 Å². The van der Waals surface area contributed by atoms with Crippen LogP contribution >= 0.6 is 0 Å². The van der Waals surface area contributed by atoms with Gasteiger partial charge in [0, 0.05) is 11.9 Å². The number of rotatable bonds is 3. The summed E-state index contributed by atoms with van der Waals surface area (Å²) in [4.78, 5) is 4.12. The normalized spacial score (nSPS) is 12.0. The maximum Gasteiger partial charge on any atom is 0.0375 e. The van der Waals surface area contributed by atoms with E-state index in [4.69, 9.17) is 0 Å². The van der Waals surface area contributed by atoms with Gasteiger partial charge in [-0.15, -0.1) is 0 Å². The molecule has 0 unspecified atom stereocenters. The Labute approximate surface area is 130 Å². The van der Waals surface area contributed by atoms with Crippen molar-refractivity contribution in [2.45, 2.75) is 53.4 Å². The first kappa shape index (κ1) is 17.4. The van der Waals surface area contributed by atoms with Crippen LogP contribution in [0.3, 0.4) is 0 Å². The van der Waals surface area contributed by atoms with Crippen molar-refractivity contribution < 1.29 is 0 Å². The first-order valence-electron chi connectivity index (χ1n) is 7.89. The van der Waals surface area contributed by atoms with Crippen LogP contribution in [0.15, 0.2) is 48.7 Å². The molecule has 2 rings (SSSR count). The molecule has 1 heterocycles. The van der Waals surface area contributed by atoms with Crippen LogP contribution in [0.1, 0.15) is 63.3 Å². The number of benzene rings is 1. The molecule has 0 radical (unpaired) electrons. The minimum atomic E-state index is 0.613. The number of pyridine rings is 1. The van der Waals surface area contributed by atoms with Crippen LogP contribution in [-0.4, -0.2) is 4.98 Å². The zero-order valence-corrected chi connectivity index (χ0v) is 14.3. The summed E-state index contributed by atoms with van der Waals surface area (Å²) in [6.45, 7) is 13.2. The molecular formula is C20H29N. The van der Waals surface area contributed by atoms with Crippen molar-refractivity contribution in [3.8, 4) is 0 Å². The van der Waals surface area contributed by atoms with E-state index in [9.17, 15) is 0 Å². The Bertz CT molecular complexity index is 514. The molecule has 1 aromatic heterocycles.